The van der Waals surface area contributed by atoms with Gasteiger partial charge >= 0.3 is 26.4 Å². The summed E-state index contributed by atoms with van der Waals surface area (Å²) in [6.45, 7) is 4.76. The number of aryl methyl sites for hydroxylation is 1. The number of allylic oxidation sites excluding steroid dienone is 2. The fourth-order valence-corrected chi connectivity index (χ4v) is 9.89. The molecule has 17 rings (SSSR count). The van der Waals surface area contributed by atoms with Gasteiger partial charge in [0.2, 0.25) is 0 Å². The van der Waals surface area contributed by atoms with E-state index in [4.69, 9.17) is 15.2 Å². The van der Waals surface area contributed by atoms with Crippen molar-refractivity contribution in [3.63, 3.8) is 0 Å². The van der Waals surface area contributed by atoms with Crippen molar-refractivity contribution < 1.29 is 127 Å². The van der Waals surface area contributed by atoms with Gasteiger partial charge in [-0.2, -0.15) is 0 Å². The first kappa shape index (κ1) is 95.7. The Balaban J connectivity index is 0.000000275. The number of phenolic OH excluding ortho intramolecular Hbond substituents is 1. The van der Waals surface area contributed by atoms with Gasteiger partial charge in [-0.25, -0.2) is 14.8 Å². The minimum absolute atomic E-state index is 0. The van der Waals surface area contributed by atoms with E-state index in [2.05, 4.69) is 80.0 Å². The number of nitrogens with zero attached hydrogens (tertiary/aromatic N) is 11. The number of carbonyl (C=O) groups excluding carboxylic acids is 1. The van der Waals surface area contributed by atoms with E-state index in [1.807, 2.05) is 316 Å². The average Bonchev–Trinajstić information content (AvgIpc) is 1.62. The Morgan fingerprint density at radius 2 is 0.713 bits per heavy atom. The second-order valence-corrected chi connectivity index (χ2v) is 23.1. The predicted molar refractivity (Wildman–Crippen MR) is 435 cm³/mol. The molecule has 0 atom stereocenters. The summed E-state index contributed by atoms with van der Waals surface area (Å²) < 4.78 is 2.07. The number of hydrogen-bond donors (Lipinski definition) is 3. The van der Waals surface area contributed by atoms with E-state index in [0.29, 0.717) is 0 Å². The number of carbonyl (C=O) groups is 2. The Hall–Kier alpha value is -11.7. The molecule has 590 valence electrons. The summed E-state index contributed by atoms with van der Waals surface area (Å²) in [5.41, 5.74) is 16.4. The molecule has 0 aliphatic heterocycles. The molecular formula is C94H75N11O5Pd5-4. The third kappa shape index (κ3) is 33.5. The van der Waals surface area contributed by atoms with Crippen LogP contribution in [-0.4, -0.2) is 76.6 Å². The van der Waals surface area contributed by atoms with Crippen LogP contribution in [0, 0.1) is 37.3 Å². The minimum Gasteiger partial charge on any atom is -0.574 e. The molecule has 8 aromatic carbocycles. The van der Waals surface area contributed by atoms with Crippen LogP contribution in [0.15, 0.2) is 389 Å². The van der Waals surface area contributed by atoms with E-state index >= 15 is 0 Å². The van der Waals surface area contributed by atoms with Crippen LogP contribution < -0.4 is 5.10 Å². The number of phenols is 1. The molecule has 9 aromatic heterocycles. The number of imidazole rings is 1. The van der Waals surface area contributed by atoms with E-state index in [9.17, 15) is 14.7 Å². The van der Waals surface area contributed by atoms with Crippen molar-refractivity contribution in [3.05, 3.63) is 431 Å². The van der Waals surface area contributed by atoms with Crippen molar-refractivity contribution in [2.75, 3.05) is 0 Å². The Bertz CT molecular complexity index is 4820. The fraction of sp³-hybridized carbons (Fsp3) is 0.0319. The summed E-state index contributed by atoms with van der Waals surface area (Å²) in [7, 11) is 0. The number of pyridine rings is 7. The molecule has 21 heteroatoms. The number of rotatable bonds is 10. The number of aromatic nitrogens is 11. The Morgan fingerprint density at radius 1 is 0.383 bits per heavy atom. The van der Waals surface area contributed by atoms with Gasteiger partial charge in [-0.05, 0) is 140 Å². The van der Waals surface area contributed by atoms with Gasteiger partial charge in [-0.3, -0.25) is 14.3 Å². The zero-order valence-electron chi connectivity index (χ0n) is 62.0. The molecule has 0 aliphatic carbocycles. The van der Waals surface area contributed by atoms with Gasteiger partial charge in [-0.1, -0.05) is 127 Å². The van der Waals surface area contributed by atoms with Gasteiger partial charge < -0.3 is 50.4 Å². The van der Waals surface area contributed by atoms with Crippen molar-refractivity contribution in [1.29, 1.82) is 0 Å². The van der Waals surface area contributed by atoms with Crippen molar-refractivity contribution in [3.8, 4) is 90.5 Å². The SMILES string of the molecule is CC(=O)C=C(C)O.Cc1cc(-c2ccccn2)[n-]n1.O=C(O)c1ccccn1.Oc1ccccc1-c1nc2ccccc2n1-c1ccccc1.[Pd+2].[Pd].[Pd].[Pd].[Pd].[c-]1ccccc1-c1ccccn1.[c-]1ccccc1-c1ccccn1.[c-]1ccccc1-c1ccccn1.[c-]1ccccc1-c1ccccn1.[c-]1ccccc1-c1ccccn1. The molecule has 0 radical (unpaired) electrons. The van der Waals surface area contributed by atoms with Gasteiger partial charge in [0, 0.05) is 148 Å². The summed E-state index contributed by atoms with van der Waals surface area (Å²) in [5.74, 6) is -0.0800. The van der Waals surface area contributed by atoms with E-state index in [1.165, 1.54) is 32.2 Å². The molecule has 0 spiro atoms. The Kier molecular flexibility index (Phi) is 45.6. The number of fused-ring (bicyclic) bond motifs is 1. The number of carboxylic acid groups (broad SMARTS) is 1. The largest absolute Gasteiger partial charge is 2.00 e. The summed E-state index contributed by atoms with van der Waals surface area (Å²) in [6, 6.07) is 122. The fourth-order valence-electron chi connectivity index (χ4n) is 9.89. The first-order valence-electron chi connectivity index (χ1n) is 34.6. The number of carboxylic acids is 1. The van der Waals surface area contributed by atoms with Crippen molar-refractivity contribution in [1.82, 2.24) is 54.6 Å². The van der Waals surface area contributed by atoms with Gasteiger partial charge in [0.25, 0.3) is 0 Å². The quantitative estimate of drug-likeness (QED) is 0.0500. The third-order valence-corrected chi connectivity index (χ3v) is 14.9. The molecule has 17 aromatic rings. The van der Waals surface area contributed by atoms with Gasteiger partial charge in [0.15, 0.2) is 5.78 Å². The second-order valence-electron chi connectivity index (χ2n) is 23.1. The standard InChI is InChI=1S/C19H14N2O.5C11H8N.C9H8N3.C6H5NO2.C5H8O2.5Pd/c22-18-13-7-4-10-15(18)19-20-16-11-5-6-12-17(16)21(19)14-8-2-1-3-9-14;5*1-2-6-10(7-3-1)11-8-4-5-9-12-11;1-7-6-9(12-11-7)8-4-2-3-5-10-8;8-6(9)5-3-1-2-4-7-5;1-4(6)3-5(2)7;;;;;/h1-13,22H;5*1-6,8-9H;2-6H,1H3;1-4H,(H,8,9);3,6H,1-2H3;;;;;/q;6*-1;;;;;;;+2. The molecule has 0 fully saturated rings. The van der Waals surface area contributed by atoms with Crippen LogP contribution in [0.3, 0.4) is 0 Å². The first-order valence-corrected chi connectivity index (χ1v) is 34.6. The molecule has 0 amide bonds. The normalized spacial score (nSPS) is 9.57. The van der Waals surface area contributed by atoms with Crippen LogP contribution >= 0.6 is 0 Å². The first-order chi connectivity index (χ1) is 54.0. The van der Waals surface area contributed by atoms with Crippen LogP contribution in [0.5, 0.6) is 5.75 Å². The van der Waals surface area contributed by atoms with E-state index in [-0.39, 0.29) is 125 Å². The maximum absolute atomic E-state index is 10.2. The van der Waals surface area contributed by atoms with Crippen LogP contribution in [0.4, 0.5) is 0 Å². The molecule has 0 saturated heterocycles. The zero-order valence-corrected chi connectivity index (χ0v) is 69.8. The van der Waals surface area contributed by atoms with E-state index in [1.54, 1.807) is 55.4 Å². The number of aromatic carboxylic acids is 1. The maximum Gasteiger partial charge on any atom is 2.00 e. The molecule has 3 N–H and O–H groups in total. The number of aliphatic hydroxyl groups excluding tert-OH is 1. The Morgan fingerprint density at radius 3 is 1.00 bits per heavy atom. The number of ketones is 1. The van der Waals surface area contributed by atoms with Crippen molar-refractivity contribution in [2.24, 2.45) is 0 Å². The summed E-state index contributed by atoms with van der Waals surface area (Å²) in [6.07, 6.45) is 13.3. The summed E-state index contributed by atoms with van der Waals surface area (Å²) >= 11 is 0. The molecule has 0 unspecified atom stereocenters. The molecule has 9 heterocycles. The molecule has 0 saturated carbocycles. The summed E-state index contributed by atoms with van der Waals surface area (Å²) in [4.78, 5) is 53.7. The molecular weight excluding hydrogens is 1900 g/mol. The zero-order chi connectivity index (χ0) is 77.0. The van der Waals surface area contributed by atoms with Crippen molar-refractivity contribution in [2.45, 2.75) is 20.8 Å². The summed E-state index contributed by atoms with van der Waals surface area (Å²) in [5, 5.41) is 34.8. The number of para-hydroxylation sites is 4. The van der Waals surface area contributed by atoms with Crippen LogP contribution in [0.1, 0.15) is 30.0 Å². The van der Waals surface area contributed by atoms with Gasteiger partial charge in [0.05, 0.1) is 22.4 Å². The van der Waals surface area contributed by atoms with Crippen LogP contribution in [-0.2, 0) is 107 Å². The van der Waals surface area contributed by atoms with E-state index < -0.39 is 5.97 Å². The predicted octanol–water partition coefficient (Wildman–Crippen LogP) is 20.4. The molecule has 16 nitrogen and oxygen atoms in total. The third-order valence-electron chi connectivity index (χ3n) is 14.9. The Labute approximate surface area is 739 Å². The number of hydrogen-bond acceptors (Lipinski definition) is 13. The monoisotopic (exact) mass is 1970 g/mol. The topological polar surface area (TPSA) is 230 Å². The molecule has 0 aliphatic rings. The smallest absolute Gasteiger partial charge is 0.574 e. The minimum atomic E-state index is -0.990. The molecule has 0 bridgehead atoms. The number of aromatic hydroxyl groups is 1. The molecule has 115 heavy (non-hydrogen) atoms. The van der Waals surface area contributed by atoms with Gasteiger partial charge in [-0.15, -0.1) is 179 Å². The van der Waals surface area contributed by atoms with E-state index in [0.717, 1.165) is 101 Å². The number of benzene rings is 8. The average molecular weight is 1970 g/mol. The number of aliphatic hydroxyl groups is 1. The van der Waals surface area contributed by atoms with Crippen molar-refractivity contribution >= 4 is 22.8 Å². The second kappa shape index (κ2) is 54.9. The van der Waals surface area contributed by atoms with Crippen LogP contribution in [0.25, 0.3) is 95.8 Å². The van der Waals surface area contributed by atoms with Crippen LogP contribution in [0.2, 0.25) is 0 Å². The maximum atomic E-state index is 10.2. The van der Waals surface area contributed by atoms with Gasteiger partial charge in [0.1, 0.15) is 17.3 Å².